The molecule has 0 bridgehead atoms. The first-order chi connectivity index (χ1) is 21.3. The lowest BCUT2D eigenvalue weighted by Crippen LogP contribution is -1.95. The van der Waals surface area contributed by atoms with Gasteiger partial charge in [0, 0.05) is 49.1 Å². The van der Waals surface area contributed by atoms with Gasteiger partial charge in [-0.3, -0.25) is 0 Å². The lowest BCUT2D eigenvalue weighted by Gasteiger charge is -2.13. The van der Waals surface area contributed by atoms with Gasteiger partial charge in [-0.2, -0.15) is 0 Å². The van der Waals surface area contributed by atoms with E-state index in [1.54, 1.807) is 0 Å². The third kappa shape index (κ3) is 3.68. The Labute approximate surface area is 248 Å². The van der Waals surface area contributed by atoms with Gasteiger partial charge in [-0.05, 0) is 42.5 Å². The molecule has 200 valence electrons. The van der Waals surface area contributed by atoms with Gasteiger partial charge in [0.25, 0.3) is 0 Å². The average Bonchev–Trinajstić information content (AvgIpc) is 3.42. The molecule has 0 saturated heterocycles. The number of hydrogen-bond donors (Lipinski definition) is 0. The first-order valence-corrected chi connectivity index (χ1v) is 14.6. The summed E-state index contributed by atoms with van der Waals surface area (Å²) in [5, 5.41) is 7.19. The molecule has 6 aromatic carbocycles. The molecule has 0 radical (unpaired) electrons. The van der Waals surface area contributed by atoms with Crippen LogP contribution in [-0.4, -0.2) is 14.5 Å². The highest BCUT2D eigenvalue weighted by Crippen LogP contribution is 2.42. The highest BCUT2D eigenvalue weighted by atomic mass is 15.0. The Bertz CT molecular complexity index is 2510. The summed E-state index contributed by atoms with van der Waals surface area (Å²) in [5.74, 6) is 0. The number of rotatable bonds is 3. The zero-order valence-corrected chi connectivity index (χ0v) is 23.3. The van der Waals surface area contributed by atoms with Crippen LogP contribution in [0.4, 0.5) is 0 Å². The molecule has 9 rings (SSSR count). The topological polar surface area (TPSA) is 30.7 Å². The van der Waals surface area contributed by atoms with E-state index in [0.29, 0.717) is 0 Å². The minimum atomic E-state index is 0.969. The molecule has 0 atom stereocenters. The third-order valence-electron chi connectivity index (χ3n) is 8.55. The molecule has 3 heterocycles. The third-order valence-corrected chi connectivity index (χ3v) is 8.55. The standard InChI is InChI=1S/C40H25N3/c1-2-12-27(13-3-1)40-32-22-24-37-39(38(32)30-16-5-8-19-35(30)42-40)31-17-6-9-20-36(31)43(37)29-15-10-14-28(25-29)34-23-21-26-11-4-7-18-33(26)41-34/h1-25H. The first-order valence-electron chi connectivity index (χ1n) is 14.6. The number of benzene rings is 6. The van der Waals surface area contributed by atoms with E-state index in [0.717, 1.165) is 50.0 Å². The quantitative estimate of drug-likeness (QED) is 0.206. The van der Waals surface area contributed by atoms with Crippen molar-refractivity contribution in [2.45, 2.75) is 0 Å². The predicted molar refractivity (Wildman–Crippen MR) is 180 cm³/mol. The largest absolute Gasteiger partial charge is 0.309 e. The summed E-state index contributed by atoms with van der Waals surface area (Å²) in [6, 6.07) is 53.6. The van der Waals surface area contributed by atoms with E-state index in [-0.39, 0.29) is 0 Å². The van der Waals surface area contributed by atoms with Gasteiger partial charge in [0.1, 0.15) is 0 Å². The predicted octanol–water partition coefficient (Wildman–Crippen LogP) is 10.4. The van der Waals surface area contributed by atoms with Gasteiger partial charge in [-0.25, -0.2) is 9.97 Å². The first kappa shape index (κ1) is 23.9. The van der Waals surface area contributed by atoms with Crippen molar-refractivity contribution in [1.29, 1.82) is 0 Å². The lowest BCUT2D eigenvalue weighted by molar-refractivity contribution is 1.18. The van der Waals surface area contributed by atoms with Crippen molar-refractivity contribution in [3.05, 3.63) is 152 Å². The summed E-state index contributed by atoms with van der Waals surface area (Å²) in [6.45, 7) is 0. The average molecular weight is 548 g/mol. The molecule has 3 aromatic heterocycles. The van der Waals surface area contributed by atoms with Gasteiger partial charge in [0.15, 0.2) is 0 Å². The number of hydrogen-bond acceptors (Lipinski definition) is 2. The maximum Gasteiger partial charge on any atom is 0.0788 e. The molecule has 0 saturated carbocycles. The van der Waals surface area contributed by atoms with Crippen molar-refractivity contribution in [1.82, 2.24) is 14.5 Å². The van der Waals surface area contributed by atoms with E-state index in [1.807, 2.05) is 6.07 Å². The van der Waals surface area contributed by atoms with Crippen molar-refractivity contribution in [3.8, 4) is 28.2 Å². The van der Waals surface area contributed by atoms with Gasteiger partial charge in [0.2, 0.25) is 0 Å². The highest BCUT2D eigenvalue weighted by molar-refractivity contribution is 6.29. The summed E-state index contributed by atoms with van der Waals surface area (Å²) >= 11 is 0. The van der Waals surface area contributed by atoms with Crippen molar-refractivity contribution in [2.75, 3.05) is 0 Å². The smallest absolute Gasteiger partial charge is 0.0788 e. The van der Waals surface area contributed by atoms with E-state index < -0.39 is 0 Å². The summed E-state index contributed by atoms with van der Waals surface area (Å²) in [4.78, 5) is 10.2. The van der Waals surface area contributed by atoms with E-state index in [9.17, 15) is 0 Å². The van der Waals surface area contributed by atoms with Crippen LogP contribution in [0.3, 0.4) is 0 Å². The van der Waals surface area contributed by atoms with Gasteiger partial charge >= 0.3 is 0 Å². The Kier molecular flexibility index (Phi) is 5.20. The lowest BCUT2D eigenvalue weighted by atomic mass is 9.96. The maximum absolute atomic E-state index is 5.18. The molecule has 43 heavy (non-hydrogen) atoms. The molecule has 3 nitrogen and oxygen atoms in total. The molecule has 0 aliphatic rings. The molecule has 0 unspecified atom stereocenters. The summed E-state index contributed by atoms with van der Waals surface area (Å²) in [5.41, 5.74) is 9.66. The molecule has 0 aliphatic carbocycles. The fraction of sp³-hybridized carbons (Fsp3) is 0. The van der Waals surface area contributed by atoms with Gasteiger partial charge in [-0.15, -0.1) is 0 Å². The van der Waals surface area contributed by atoms with Crippen LogP contribution in [-0.2, 0) is 0 Å². The molecule has 0 spiro atoms. The van der Waals surface area contributed by atoms with Crippen molar-refractivity contribution in [3.63, 3.8) is 0 Å². The minimum absolute atomic E-state index is 0.969. The van der Waals surface area contributed by atoms with E-state index in [2.05, 4.69) is 150 Å². The Morgan fingerprint density at radius 3 is 2.07 bits per heavy atom. The normalized spacial score (nSPS) is 11.7. The Balaban J connectivity index is 1.36. The second kappa shape index (κ2) is 9.37. The number of para-hydroxylation sites is 3. The second-order valence-electron chi connectivity index (χ2n) is 11.0. The number of aromatic nitrogens is 3. The summed E-state index contributed by atoms with van der Waals surface area (Å²) in [7, 11) is 0. The van der Waals surface area contributed by atoms with Crippen molar-refractivity contribution >= 4 is 54.4 Å². The SMILES string of the molecule is c1ccc(-c2nc3ccccc3c3c2ccc2c3c3ccccc3n2-c2cccc(-c3ccc4ccccc4n3)c2)cc1. The number of pyridine rings is 2. The van der Waals surface area contributed by atoms with Crippen molar-refractivity contribution < 1.29 is 0 Å². The molecular formula is C40H25N3. The monoisotopic (exact) mass is 547 g/mol. The Morgan fingerprint density at radius 1 is 0.419 bits per heavy atom. The van der Waals surface area contributed by atoms with Crippen LogP contribution in [0.25, 0.3) is 82.6 Å². The fourth-order valence-corrected chi connectivity index (χ4v) is 6.63. The zero-order chi connectivity index (χ0) is 28.3. The second-order valence-corrected chi connectivity index (χ2v) is 11.0. The van der Waals surface area contributed by atoms with Gasteiger partial charge < -0.3 is 4.57 Å². The molecule has 9 aromatic rings. The zero-order valence-electron chi connectivity index (χ0n) is 23.3. The van der Waals surface area contributed by atoms with Crippen LogP contribution in [0.2, 0.25) is 0 Å². The molecule has 0 aliphatic heterocycles. The summed E-state index contributed by atoms with van der Waals surface area (Å²) in [6.07, 6.45) is 0. The fourth-order valence-electron chi connectivity index (χ4n) is 6.63. The Morgan fingerprint density at radius 2 is 1.16 bits per heavy atom. The van der Waals surface area contributed by atoms with Gasteiger partial charge in [-0.1, -0.05) is 109 Å². The van der Waals surface area contributed by atoms with Crippen LogP contribution in [0, 0.1) is 0 Å². The number of nitrogens with zero attached hydrogens (tertiary/aromatic N) is 3. The molecule has 0 amide bonds. The molecule has 3 heteroatoms. The van der Waals surface area contributed by atoms with Crippen LogP contribution in [0.1, 0.15) is 0 Å². The summed E-state index contributed by atoms with van der Waals surface area (Å²) < 4.78 is 2.39. The van der Waals surface area contributed by atoms with E-state index >= 15 is 0 Å². The molecular weight excluding hydrogens is 522 g/mol. The van der Waals surface area contributed by atoms with Crippen LogP contribution in [0.5, 0.6) is 0 Å². The minimum Gasteiger partial charge on any atom is -0.309 e. The van der Waals surface area contributed by atoms with E-state index in [4.69, 9.17) is 9.97 Å². The van der Waals surface area contributed by atoms with Crippen LogP contribution < -0.4 is 0 Å². The van der Waals surface area contributed by atoms with Gasteiger partial charge in [0.05, 0.1) is 33.5 Å². The molecule has 0 N–H and O–H groups in total. The van der Waals surface area contributed by atoms with Crippen molar-refractivity contribution in [2.24, 2.45) is 0 Å². The van der Waals surface area contributed by atoms with Crippen LogP contribution >= 0.6 is 0 Å². The molecule has 0 fully saturated rings. The Hall–Kier alpha value is -5.80. The maximum atomic E-state index is 5.18. The number of fused-ring (bicyclic) bond motifs is 8. The highest BCUT2D eigenvalue weighted by Gasteiger charge is 2.19. The van der Waals surface area contributed by atoms with E-state index in [1.165, 1.54) is 32.6 Å². The van der Waals surface area contributed by atoms with Crippen LogP contribution in [0.15, 0.2) is 152 Å².